The molecule has 1 unspecified atom stereocenters. The number of benzene rings is 2. The molecular formula is C45H48FN11O4. The maximum Gasteiger partial charge on any atom is 0.255 e. The molecule has 3 amide bonds. The Morgan fingerprint density at radius 2 is 1.82 bits per heavy atom. The Kier molecular flexibility index (Phi) is 11.0. The fourth-order valence-corrected chi connectivity index (χ4v) is 9.38. The van der Waals surface area contributed by atoms with Gasteiger partial charge in [0.15, 0.2) is 17.3 Å². The van der Waals surface area contributed by atoms with Crippen molar-refractivity contribution in [1.29, 1.82) is 5.26 Å². The van der Waals surface area contributed by atoms with E-state index in [9.17, 15) is 24.0 Å². The summed E-state index contributed by atoms with van der Waals surface area (Å²) in [5.41, 5.74) is 12.0. The molecule has 0 saturated carbocycles. The summed E-state index contributed by atoms with van der Waals surface area (Å²) in [7, 11) is 0. The molecule has 0 aliphatic carbocycles. The number of carbonyl (C=O) groups is 3. The molecule has 16 heteroatoms. The summed E-state index contributed by atoms with van der Waals surface area (Å²) < 4.78 is 23.9. The second-order valence-electron chi connectivity index (χ2n) is 16.6. The minimum atomic E-state index is -0.609. The van der Waals surface area contributed by atoms with Gasteiger partial charge < -0.3 is 29.7 Å². The minimum Gasteiger partial charge on any atom is -0.482 e. The van der Waals surface area contributed by atoms with Crippen molar-refractivity contribution in [3.05, 3.63) is 107 Å². The van der Waals surface area contributed by atoms with Crippen LogP contribution in [0, 0.1) is 23.1 Å². The van der Waals surface area contributed by atoms with E-state index in [0.29, 0.717) is 59.6 Å². The van der Waals surface area contributed by atoms with Crippen molar-refractivity contribution in [1.82, 2.24) is 39.4 Å². The monoisotopic (exact) mass is 825 g/mol. The lowest BCUT2D eigenvalue weighted by atomic mass is 9.93. The van der Waals surface area contributed by atoms with Crippen LogP contribution in [0.2, 0.25) is 0 Å². The van der Waals surface area contributed by atoms with E-state index in [4.69, 9.17) is 15.6 Å². The third-order valence-corrected chi connectivity index (χ3v) is 12.7. The Balaban J connectivity index is 0.766. The molecule has 7 heterocycles. The first-order valence-electron chi connectivity index (χ1n) is 21.0. The molecule has 2 aromatic carbocycles. The number of nitriles is 1. The number of imidazole rings is 1. The number of hydrogen-bond donors (Lipinski definition) is 2. The highest BCUT2D eigenvalue weighted by atomic mass is 19.1. The molecule has 5 aromatic rings. The first kappa shape index (κ1) is 39.8. The van der Waals surface area contributed by atoms with Crippen LogP contribution >= 0.6 is 0 Å². The van der Waals surface area contributed by atoms with Crippen molar-refractivity contribution >= 4 is 29.2 Å². The molecule has 15 nitrogen and oxygen atoms in total. The number of nitrogen functional groups attached to an aromatic ring is 1. The molecular weight excluding hydrogens is 778 g/mol. The SMILES string of the molecule is C[C@@H](Oc1cc(-c2c(C#N)ncn2Cc2cnn(CC3CCN(C4CCN(c5ccc6c(c5)CN(C5CCC(=O)NC5=O)C6=O)CC4)CC3)c2)cnc1N)c1cccc(F)c1. The van der Waals surface area contributed by atoms with Crippen LogP contribution in [-0.2, 0) is 29.2 Å². The Bertz CT molecular complexity index is 2510. The normalized spacial score (nSPS) is 19.5. The molecule has 4 aliphatic heterocycles. The Morgan fingerprint density at radius 1 is 1.00 bits per heavy atom. The van der Waals surface area contributed by atoms with Gasteiger partial charge in [0, 0.05) is 73.4 Å². The lowest BCUT2D eigenvalue weighted by Gasteiger charge is -2.42. The maximum absolute atomic E-state index is 13.9. The topological polar surface area (TPSA) is 181 Å². The van der Waals surface area contributed by atoms with Crippen molar-refractivity contribution in [3.8, 4) is 23.1 Å². The van der Waals surface area contributed by atoms with E-state index in [1.165, 1.54) is 12.1 Å². The number of piperidine rings is 3. The van der Waals surface area contributed by atoms with Gasteiger partial charge in [-0.15, -0.1) is 0 Å². The van der Waals surface area contributed by atoms with Crippen LogP contribution in [0.3, 0.4) is 0 Å². The van der Waals surface area contributed by atoms with Crippen LogP contribution in [0.4, 0.5) is 15.9 Å². The summed E-state index contributed by atoms with van der Waals surface area (Å²) in [5.74, 6) is -0.145. The summed E-state index contributed by atoms with van der Waals surface area (Å²) in [6.07, 6.45) is 11.6. The summed E-state index contributed by atoms with van der Waals surface area (Å²) in [4.78, 5) is 52.7. The smallest absolute Gasteiger partial charge is 0.255 e. The summed E-state index contributed by atoms with van der Waals surface area (Å²) in [6.45, 7) is 7.47. The second kappa shape index (κ2) is 16.8. The number of halogens is 1. The fourth-order valence-electron chi connectivity index (χ4n) is 9.38. The van der Waals surface area contributed by atoms with E-state index in [1.807, 2.05) is 34.5 Å². The quantitative estimate of drug-likeness (QED) is 0.170. The first-order valence-corrected chi connectivity index (χ1v) is 21.0. The van der Waals surface area contributed by atoms with E-state index in [2.05, 4.69) is 43.4 Å². The van der Waals surface area contributed by atoms with E-state index < -0.39 is 12.1 Å². The number of amides is 3. The first-order chi connectivity index (χ1) is 29.6. The van der Waals surface area contributed by atoms with Gasteiger partial charge in [-0.3, -0.25) is 24.4 Å². The highest BCUT2D eigenvalue weighted by molar-refractivity contribution is 6.05. The van der Waals surface area contributed by atoms with Crippen LogP contribution in [0.1, 0.15) is 84.3 Å². The van der Waals surface area contributed by atoms with Gasteiger partial charge in [0.25, 0.3) is 5.91 Å². The van der Waals surface area contributed by atoms with Crippen molar-refractivity contribution in [3.63, 3.8) is 0 Å². The predicted octanol–water partition coefficient (Wildman–Crippen LogP) is 5.06. The van der Waals surface area contributed by atoms with Crippen molar-refractivity contribution < 1.29 is 23.5 Å². The fraction of sp³-hybridized carbons (Fsp3) is 0.400. The minimum absolute atomic E-state index is 0.144. The second-order valence-corrected chi connectivity index (χ2v) is 16.6. The molecule has 9 rings (SSSR count). The highest BCUT2D eigenvalue weighted by Crippen LogP contribution is 2.35. The van der Waals surface area contributed by atoms with Crippen LogP contribution in [0.25, 0.3) is 11.3 Å². The molecule has 0 bridgehead atoms. The average molecular weight is 826 g/mol. The lowest BCUT2D eigenvalue weighted by molar-refractivity contribution is -0.136. The van der Waals surface area contributed by atoms with Crippen LogP contribution in [-0.4, -0.2) is 90.1 Å². The van der Waals surface area contributed by atoms with Crippen LogP contribution < -0.4 is 20.7 Å². The van der Waals surface area contributed by atoms with Gasteiger partial charge in [-0.05, 0) is 106 Å². The molecule has 0 spiro atoms. The number of imide groups is 1. The van der Waals surface area contributed by atoms with Gasteiger partial charge in [-0.25, -0.2) is 14.4 Å². The zero-order chi connectivity index (χ0) is 42.2. The van der Waals surface area contributed by atoms with Gasteiger partial charge in [0.05, 0.1) is 24.8 Å². The standard InChI is InChI=1S/C45H48FN11O4/c1-28(31-3-2-4-34(46)17-31)61-40-19-32(22-49-43(40)48)42-38(20-47)50-27-55(42)23-30-21-51-56(25-30)24-29-9-13-53(14-10-29)35-11-15-54(16-12-35)36-5-6-37-33(18-36)26-57(45(37)60)39-7-8-41(58)52-44(39)59/h2-6,17-19,21-22,25,27-29,35,39H,7-16,23-24,26H2,1H3,(H2,48,49)(H,52,58,59)/t28-,39?/m1/s1. The molecule has 3 aromatic heterocycles. The van der Waals surface area contributed by atoms with Crippen molar-refractivity contribution in [2.75, 3.05) is 36.8 Å². The zero-order valence-corrected chi connectivity index (χ0v) is 34.0. The zero-order valence-electron chi connectivity index (χ0n) is 34.0. The number of likely N-dealkylation sites (tertiary alicyclic amines) is 1. The molecule has 2 atom stereocenters. The van der Waals surface area contributed by atoms with Crippen molar-refractivity contribution in [2.45, 2.75) is 83.3 Å². The number of ether oxygens (including phenoxy) is 1. The molecule has 4 aliphatic rings. The van der Waals surface area contributed by atoms with Gasteiger partial charge in [-0.1, -0.05) is 12.1 Å². The molecule has 3 N–H and O–H groups in total. The largest absolute Gasteiger partial charge is 0.482 e. The Hall–Kier alpha value is -6.60. The number of carbonyl (C=O) groups excluding carboxylic acids is 3. The molecule has 3 saturated heterocycles. The van der Waals surface area contributed by atoms with E-state index >= 15 is 0 Å². The van der Waals surface area contributed by atoms with E-state index in [0.717, 1.165) is 75.2 Å². The van der Waals surface area contributed by atoms with Gasteiger partial charge in [0.1, 0.15) is 24.0 Å². The average Bonchev–Trinajstić information content (AvgIpc) is 3.98. The molecule has 0 radical (unpaired) electrons. The lowest BCUT2D eigenvalue weighted by Crippen LogP contribution is -2.52. The predicted molar refractivity (Wildman–Crippen MR) is 223 cm³/mol. The van der Waals surface area contributed by atoms with Gasteiger partial charge in [0.2, 0.25) is 11.8 Å². The number of aromatic nitrogens is 5. The summed E-state index contributed by atoms with van der Waals surface area (Å²) in [5, 5.41) is 17.0. The molecule has 3 fully saturated rings. The number of fused-ring (bicyclic) bond motifs is 1. The molecule has 314 valence electrons. The number of anilines is 2. The third-order valence-electron chi connectivity index (χ3n) is 12.7. The van der Waals surface area contributed by atoms with Crippen LogP contribution in [0.5, 0.6) is 5.75 Å². The number of nitrogens with one attached hydrogen (secondary N) is 1. The van der Waals surface area contributed by atoms with Crippen LogP contribution in [0.15, 0.2) is 73.4 Å². The van der Waals surface area contributed by atoms with E-state index in [1.54, 1.807) is 35.6 Å². The highest BCUT2D eigenvalue weighted by Gasteiger charge is 2.39. The van der Waals surface area contributed by atoms with E-state index in [-0.39, 0.29) is 41.5 Å². The maximum atomic E-state index is 13.9. The Morgan fingerprint density at radius 3 is 2.59 bits per heavy atom. The van der Waals surface area contributed by atoms with Gasteiger partial charge in [-0.2, -0.15) is 10.4 Å². The summed E-state index contributed by atoms with van der Waals surface area (Å²) in [6, 6.07) is 16.1. The number of hydrogen-bond acceptors (Lipinski definition) is 11. The number of nitrogens with two attached hydrogens (primary N) is 1. The summed E-state index contributed by atoms with van der Waals surface area (Å²) >= 11 is 0. The Labute approximate surface area is 352 Å². The number of nitrogens with zero attached hydrogens (tertiary/aromatic N) is 9. The third kappa shape index (κ3) is 8.30. The number of pyridine rings is 1. The van der Waals surface area contributed by atoms with Gasteiger partial charge >= 0.3 is 0 Å². The van der Waals surface area contributed by atoms with Crippen molar-refractivity contribution in [2.24, 2.45) is 5.92 Å². The number of rotatable bonds is 11. The molecule has 61 heavy (non-hydrogen) atoms.